The fourth-order valence-electron chi connectivity index (χ4n) is 4.77. The minimum atomic E-state index is -5.02. The summed E-state index contributed by atoms with van der Waals surface area (Å²) in [4.78, 5) is 27.0. The van der Waals surface area contributed by atoms with Crippen molar-refractivity contribution in [1.29, 1.82) is 0 Å². The van der Waals surface area contributed by atoms with Crippen molar-refractivity contribution in [2.24, 2.45) is 0 Å². The zero-order chi connectivity index (χ0) is 31.4. The molecule has 2 amide bonds. The van der Waals surface area contributed by atoms with Gasteiger partial charge in [0.05, 0.1) is 19.4 Å². The number of methoxy groups -OCH3 is 1. The summed E-state index contributed by atoms with van der Waals surface area (Å²) in [5.74, 6) is -1.80. The number of anilines is 1. The second-order valence-corrected chi connectivity index (χ2v) is 10.00. The molecule has 0 radical (unpaired) electrons. The lowest BCUT2D eigenvalue weighted by atomic mass is 9.76. The maximum Gasteiger partial charge on any atom is 0.416 e. The molecule has 0 spiro atoms. The number of para-hydroxylation sites is 2. The van der Waals surface area contributed by atoms with Crippen LogP contribution in [0.4, 0.5) is 32.0 Å². The molecular formula is C31H28F6N2O4. The van der Waals surface area contributed by atoms with Crippen molar-refractivity contribution in [3.05, 3.63) is 95.1 Å². The zero-order valence-corrected chi connectivity index (χ0v) is 23.2. The lowest BCUT2D eigenvalue weighted by molar-refractivity contribution is -0.201. The highest BCUT2D eigenvalue weighted by atomic mass is 19.4. The highest BCUT2D eigenvalue weighted by molar-refractivity contribution is 6.28. The van der Waals surface area contributed by atoms with Crippen molar-refractivity contribution in [3.8, 4) is 11.5 Å². The van der Waals surface area contributed by atoms with Crippen molar-refractivity contribution < 1.29 is 45.4 Å². The van der Waals surface area contributed by atoms with E-state index in [1.54, 1.807) is 49.4 Å². The van der Waals surface area contributed by atoms with E-state index in [0.717, 1.165) is 17.7 Å². The standard InChI is InChI=1S/C31H28F6N2O4/c1-19-8-10-20(11-9-19)23-18-29(31(35,36)37,21-12-14-22(15-13-21)43-17-5-16-30(32,33)34)39-28(41)26(23)27(40)38-24-6-3-4-7-25(24)42-2/h3-4,6-15H,5,16-18H2,1-2H3,(H,38,40)(H,39,41). The summed E-state index contributed by atoms with van der Waals surface area (Å²) in [6, 6.07) is 17.4. The van der Waals surface area contributed by atoms with E-state index in [2.05, 4.69) is 10.6 Å². The van der Waals surface area contributed by atoms with Crippen LogP contribution in [0.1, 0.15) is 36.0 Å². The molecule has 1 atom stereocenters. The minimum absolute atomic E-state index is 0.0663. The lowest BCUT2D eigenvalue weighted by Crippen LogP contribution is -2.59. The van der Waals surface area contributed by atoms with Gasteiger partial charge in [0.15, 0.2) is 5.54 Å². The number of carbonyl (C=O) groups is 2. The number of hydrogen-bond acceptors (Lipinski definition) is 4. The summed E-state index contributed by atoms with van der Waals surface area (Å²) in [6.45, 7) is 1.50. The number of amides is 2. The maximum absolute atomic E-state index is 15.0. The topological polar surface area (TPSA) is 76.7 Å². The van der Waals surface area contributed by atoms with E-state index < -0.39 is 48.1 Å². The first-order valence-corrected chi connectivity index (χ1v) is 13.2. The van der Waals surface area contributed by atoms with Gasteiger partial charge in [-0.25, -0.2) is 0 Å². The predicted molar refractivity (Wildman–Crippen MR) is 147 cm³/mol. The summed E-state index contributed by atoms with van der Waals surface area (Å²) in [6.07, 6.45) is -11.6. The number of rotatable bonds is 9. The Balaban J connectivity index is 1.73. The van der Waals surface area contributed by atoms with E-state index in [1.807, 2.05) is 0 Å². The van der Waals surface area contributed by atoms with Gasteiger partial charge >= 0.3 is 12.4 Å². The number of halogens is 6. The van der Waals surface area contributed by atoms with E-state index in [-0.39, 0.29) is 46.9 Å². The van der Waals surface area contributed by atoms with Gasteiger partial charge in [0, 0.05) is 12.8 Å². The van der Waals surface area contributed by atoms with Crippen LogP contribution in [-0.4, -0.2) is 37.9 Å². The molecule has 1 aliphatic heterocycles. The Kier molecular flexibility index (Phi) is 9.07. The molecular weight excluding hydrogens is 578 g/mol. The number of benzene rings is 3. The molecule has 1 aliphatic rings. The molecule has 0 saturated carbocycles. The fraction of sp³-hybridized carbons (Fsp3) is 0.290. The average Bonchev–Trinajstić information content (AvgIpc) is 2.94. The van der Waals surface area contributed by atoms with Crippen LogP contribution in [0.2, 0.25) is 0 Å². The van der Waals surface area contributed by atoms with E-state index in [9.17, 15) is 35.9 Å². The summed E-state index contributed by atoms with van der Waals surface area (Å²) < 4.78 is 92.5. The van der Waals surface area contributed by atoms with E-state index in [0.29, 0.717) is 0 Å². The maximum atomic E-state index is 15.0. The van der Waals surface area contributed by atoms with Gasteiger partial charge in [-0.1, -0.05) is 54.1 Å². The Morgan fingerprint density at radius 2 is 1.60 bits per heavy atom. The molecule has 0 aromatic heterocycles. The molecule has 3 aromatic carbocycles. The van der Waals surface area contributed by atoms with Gasteiger partial charge in [-0.05, 0) is 54.3 Å². The second kappa shape index (κ2) is 12.4. The van der Waals surface area contributed by atoms with Crippen molar-refractivity contribution in [3.63, 3.8) is 0 Å². The molecule has 228 valence electrons. The molecule has 0 fully saturated rings. The van der Waals surface area contributed by atoms with E-state index in [4.69, 9.17) is 9.47 Å². The molecule has 1 unspecified atom stereocenters. The third-order valence-electron chi connectivity index (χ3n) is 6.98. The average molecular weight is 607 g/mol. The Morgan fingerprint density at radius 1 is 0.953 bits per heavy atom. The minimum Gasteiger partial charge on any atom is -0.495 e. The molecule has 6 nitrogen and oxygen atoms in total. The normalized spacial score (nSPS) is 17.3. The number of hydrogen-bond donors (Lipinski definition) is 2. The Hall–Kier alpha value is -4.48. The van der Waals surface area contributed by atoms with Crippen LogP contribution in [0.15, 0.2) is 78.4 Å². The van der Waals surface area contributed by atoms with Crippen molar-refractivity contribution in [2.75, 3.05) is 19.0 Å². The highest BCUT2D eigenvalue weighted by Gasteiger charge is 2.60. The quantitative estimate of drug-likeness (QED) is 0.155. The molecule has 12 heteroatoms. The SMILES string of the molecule is COc1ccccc1NC(=O)C1=C(c2ccc(C)cc2)CC(c2ccc(OCCCC(F)(F)F)cc2)(C(F)(F)F)NC1=O. The molecule has 4 rings (SSSR count). The lowest BCUT2D eigenvalue weighted by Gasteiger charge is -2.41. The number of carbonyl (C=O) groups excluding carboxylic acids is 2. The summed E-state index contributed by atoms with van der Waals surface area (Å²) in [7, 11) is 1.38. The summed E-state index contributed by atoms with van der Waals surface area (Å²) >= 11 is 0. The molecule has 3 aromatic rings. The van der Waals surface area contributed by atoms with Gasteiger partial charge in [0.25, 0.3) is 11.8 Å². The zero-order valence-electron chi connectivity index (χ0n) is 23.2. The molecule has 1 heterocycles. The smallest absolute Gasteiger partial charge is 0.416 e. The van der Waals surface area contributed by atoms with Crippen molar-refractivity contribution >= 4 is 23.1 Å². The second-order valence-electron chi connectivity index (χ2n) is 10.00. The Bertz CT molecular complexity index is 1500. The fourth-order valence-corrected chi connectivity index (χ4v) is 4.77. The van der Waals surface area contributed by atoms with Crippen LogP contribution in [0.25, 0.3) is 5.57 Å². The molecule has 0 bridgehead atoms. The molecule has 0 saturated heterocycles. The first-order chi connectivity index (χ1) is 20.2. The van der Waals surface area contributed by atoms with Crippen LogP contribution in [0.3, 0.4) is 0 Å². The van der Waals surface area contributed by atoms with Gasteiger partial charge in [-0.3, -0.25) is 9.59 Å². The van der Waals surface area contributed by atoms with E-state index >= 15 is 0 Å². The van der Waals surface area contributed by atoms with Crippen LogP contribution < -0.4 is 20.1 Å². The molecule has 2 N–H and O–H groups in total. The highest BCUT2D eigenvalue weighted by Crippen LogP contribution is 2.49. The Morgan fingerprint density at radius 3 is 2.21 bits per heavy atom. The third-order valence-corrected chi connectivity index (χ3v) is 6.98. The number of alkyl halides is 6. The number of nitrogens with one attached hydrogen (secondary N) is 2. The van der Waals surface area contributed by atoms with Gasteiger partial charge in [0.2, 0.25) is 0 Å². The van der Waals surface area contributed by atoms with Crippen LogP contribution >= 0.6 is 0 Å². The summed E-state index contributed by atoms with van der Waals surface area (Å²) in [5, 5.41) is 4.62. The monoisotopic (exact) mass is 606 g/mol. The number of aryl methyl sites for hydroxylation is 1. The Labute approximate surface area is 243 Å². The number of ether oxygens (including phenoxy) is 2. The molecule has 0 aliphatic carbocycles. The van der Waals surface area contributed by atoms with Gasteiger partial charge in [-0.2, -0.15) is 26.3 Å². The first-order valence-electron chi connectivity index (χ1n) is 13.2. The van der Waals surface area contributed by atoms with Crippen molar-refractivity contribution in [1.82, 2.24) is 5.32 Å². The van der Waals surface area contributed by atoms with Gasteiger partial charge in [0.1, 0.15) is 17.1 Å². The third kappa shape index (κ3) is 7.12. The van der Waals surface area contributed by atoms with Gasteiger partial charge < -0.3 is 20.1 Å². The van der Waals surface area contributed by atoms with Crippen LogP contribution in [0, 0.1) is 6.92 Å². The largest absolute Gasteiger partial charge is 0.495 e. The van der Waals surface area contributed by atoms with Gasteiger partial charge in [-0.15, -0.1) is 0 Å². The van der Waals surface area contributed by atoms with Crippen LogP contribution in [0.5, 0.6) is 11.5 Å². The predicted octanol–water partition coefficient (Wildman–Crippen LogP) is 7.09. The van der Waals surface area contributed by atoms with E-state index in [1.165, 1.54) is 25.3 Å². The van der Waals surface area contributed by atoms with Crippen molar-refractivity contribution in [2.45, 2.75) is 44.1 Å². The molecule has 43 heavy (non-hydrogen) atoms. The van der Waals surface area contributed by atoms with Crippen LogP contribution in [-0.2, 0) is 15.1 Å². The first kappa shape index (κ1) is 31.5. The summed E-state index contributed by atoms with van der Waals surface area (Å²) in [5.41, 5.74) is -2.59.